The molecule has 252 valence electrons. The second-order valence-corrected chi connectivity index (χ2v) is 14.9. The lowest BCUT2D eigenvalue weighted by molar-refractivity contribution is 0.248. The van der Waals surface area contributed by atoms with E-state index in [1.54, 1.807) is 0 Å². The van der Waals surface area contributed by atoms with Crippen molar-refractivity contribution < 1.29 is 4.74 Å². The van der Waals surface area contributed by atoms with Crippen LogP contribution in [-0.4, -0.2) is 30.6 Å². The van der Waals surface area contributed by atoms with Gasteiger partial charge in [0.1, 0.15) is 11.9 Å². The van der Waals surface area contributed by atoms with Gasteiger partial charge in [0.2, 0.25) is 0 Å². The molecule has 50 heavy (non-hydrogen) atoms. The van der Waals surface area contributed by atoms with Crippen molar-refractivity contribution in [1.82, 2.24) is 16.0 Å². The number of para-hydroxylation sites is 2. The van der Waals surface area contributed by atoms with Gasteiger partial charge in [-0.25, -0.2) is 0 Å². The summed E-state index contributed by atoms with van der Waals surface area (Å²) in [5.41, 5.74) is 12.2. The number of hydrogen-bond donors (Lipinski definition) is 3. The molecule has 0 saturated carbocycles. The van der Waals surface area contributed by atoms with Crippen LogP contribution in [0.15, 0.2) is 149 Å². The van der Waals surface area contributed by atoms with Crippen LogP contribution >= 0.6 is 0 Å². The van der Waals surface area contributed by atoms with Crippen LogP contribution in [0.1, 0.15) is 74.3 Å². The van der Waals surface area contributed by atoms with Crippen molar-refractivity contribution in [2.75, 3.05) is 4.90 Å². The standard InChI is InChI=1S/C45H46N4O/c1-3-12-29(13-4-1)30-22-24-32(25-23-30)44-46-43(31-14-5-2-6-15-31)47-45(48-44)33-26-27-36-37-18-11-21-40(42(37)50-41(36)28-33)49-38-19-9-7-16-34(38)35-17-8-10-20-39(35)49/h1,3,5,7-9,11-12,14-19,21-22,24,26-28,35-36,39,41,43-48H,2,4,6,10,13,20,23,25H2. The van der Waals surface area contributed by atoms with E-state index in [4.69, 9.17) is 4.74 Å². The highest BCUT2D eigenvalue weighted by Crippen LogP contribution is 2.54. The molecule has 0 spiro atoms. The van der Waals surface area contributed by atoms with Gasteiger partial charge in [0.05, 0.1) is 24.2 Å². The quantitative estimate of drug-likeness (QED) is 0.280. The summed E-state index contributed by atoms with van der Waals surface area (Å²) in [6.07, 6.45) is 39.5. The number of anilines is 2. The maximum atomic E-state index is 7.02. The molecule has 1 saturated heterocycles. The van der Waals surface area contributed by atoms with E-state index in [1.165, 1.54) is 50.4 Å². The van der Waals surface area contributed by atoms with E-state index < -0.39 is 0 Å². The van der Waals surface area contributed by atoms with Gasteiger partial charge >= 0.3 is 0 Å². The van der Waals surface area contributed by atoms with Crippen molar-refractivity contribution in [3.05, 3.63) is 160 Å². The Labute approximate surface area is 296 Å². The Kier molecular flexibility index (Phi) is 7.74. The second-order valence-electron chi connectivity index (χ2n) is 14.9. The van der Waals surface area contributed by atoms with Crippen LogP contribution in [0.4, 0.5) is 11.4 Å². The van der Waals surface area contributed by atoms with E-state index in [-0.39, 0.29) is 30.5 Å². The van der Waals surface area contributed by atoms with Crippen LogP contribution in [0.25, 0.3) is 0 Å². The van der Waals surface area contributed by atoms with E-state index in [1.807, 2.05) is 0 Å². The zero-order valence-corrected chi connectivity index (χ0v) is 28.6. The van der Waals surface area contributed by atoms with Gasteiger partial charge in [0.15, 0.2) is 0 Å². The number of fused-ring (bicyclic) bond motifs is 6. The molecule has 0 radical (unpaired) electrons. The van der Waals surface area contributed by atoms with Gasteiger partial charge in [-0.05, 0) is 103 Å². The second kappa shape index (κ2) is 12.7. The number of ether oxygens (including phenoxy) is 1. The molecule has 7 unspecified atom stereocenters. The van der Waals surface area contributed by atoms with Crippen LogP contribution < -0.4 is 25.6 Å². The largest absolute Gasteiger partial charge is 0.483 e. The average Bonchev–Trinajstić information content (AvgIpc) is 3.74. The number of nitrogens with zero attached hydrogens (tertiary/aromatic N) is 1. The van der Waals surface area contributed by atoms with E-state index >= 15 is 0 Å². The van der Waals surface area contributed by atoms with Gasteiger partial charge in [-0.3, -0.25) is 16.0 Å². The number of benzene rings is 2. The minimum atomic E-state index is -0.0348. The van der Waals surface area contributed by atoms with Crippen molar-refractivity contribution in [3.8, 4) is 5.75 Å². The maximum Gasteiger partial charge on any atom is 0.147 e. The Balaban J connectivity index is 0.939. The van der Waals surface area contributed by atoms with Gasteiger partial charge < -0.3 is 9.64 Å². The van der Waals surface area contributed by atoms with Crippen molar-refractivity contribution in [3.63, 3.8) is 0 Å². The summed E-state index contributed by atoms with van der Waals surface area (Å²) in [7, 11) is 0. The molecular formula is C45H46N4O. The number of allylic oxidation sites excluding steroid dienone is 10. The van der Waals surface area contributed by atoms with Crippen LogP contribution in [0, 0.1) is 0 Å². The summed E-state index contributed by atoms with van der Waals surface area (Å²) in [5.74, 6) is 1.69. The summed E-state index contributed by atoms with van der Waals surface area (Å²) in [6, 6.07) is 16.2. The lowest BCUT2D eigenvalue weighted by Gasteiger charge is -2.42. The number of rotatable bonds is 5. The molecule has 7 atom stereocenters. The Morgan fingerprint density at radius 2 is 1.50 bits per heavy atom. The van der Waals surface area contributed by atoms with Crippen LogP contribution in [0.2, 0.25) is 0 Å². The molecule has 5 nitrogen and oxygen atoms in total. The SMILES string of the molecule is C1=CCCC(C2=CC=C(C3NC(C4=CCCC=C4)NC(C4=CC5Oc6c(cccc6N6c7ccccc7C7C=CCCC76)C5C=C4)N3)CC2)=C1. The maximum absolute atomic E-state index is 7.02. The fourth-order valence-corrected chi connectivity index (χ4v) is 9.53. The lowest BCUT2D eigenvalue weighted by Crippen LogP contribution is -2.68. The molecule has 2 aromatic rings. The first-order chi connectivity index (χ1) is 24.8. The normalized spacial score (nSPS) is 32.1. The minimum absolute atomic E-state index is 0.0100. The molecule has 1 fully saturated rings. The monoisotopic (exact) mass is 658 g/mol. The van der Waals surface area contributed by atoms with E-state index in [9.17, 15) is 0 Å². The van der Waals surface area contributed by atoms with E-state index in [2.05, 4.69) is 142 Å². The molecule has 0 bridgehead atoms. The molecule has 3 heterocycles. The minimum Gasteiger partial charge on any atom is -0.483 e. The summed E-state index contributed by atoms with van der Waals surface area (Å²) in [5, 5.41) is 11.8. The number of hydrogen-bond acceptors (Lipinski definition) is 5. The van der Waals surface area contributed by atoms with E-state index in [0.717, 1.165) is 57.1 Å². The van der Waals surface area contributed by atoms with Gasteiger partial charge in [-0.1, -0.05) is 103 Å². The first-order valence-corrected chi connectivity index (χ1v) is 18.9. The lowest BCUT2D eigenvalue weighted by atomic mass is 9.86. The topological polar surface area (TPSA) is 48.6 Å². The highest BCUT2D eigenvalue weighted by Gasteiger charge is 2.43. The zero-order valence-electron chi connectivity index (χ0n) is 28.6. The predicted octanol–water partition coefficient (Wildman–Crippen LogP) is 8.94. The molecule has 8 aliphatic rings. The highest BCUT2D eigenvalue weighted by molar-refractivity contribution is 5.79. The molecule has 0 aromatic heterocycles. The molecular weight excluding hydrogens is 613 g/mol. The van der Waals surface area contributed by atoms with Crippen LogP contribution in [-0.2, 0) is 0 Å². The Morgan fingerprint density at radius 1 is 0.640 bits per heavy atom. The predicted molar refractivity (Wildman–Crippen MR) is 203 cm³/mol. The van der Waals surface area contributed by atoms with Gasteiger partial charge in [-0.2, -0.15) is 0 Å². The van der Waals surface area contributed by atoms with Gasteiger partial charge in [0.25, 0.3) is 0 Å². The van der Waals surface area contributed by atoms with E-state index in [0.29, 0.717) is 12.0 Å². The molecule has 0 amide bonds. The number of nitrogens with one attached hydrogen (secondary N) is 3. The fourth-order valence-electron chi connectivity index (χ4n) is 9.53. The van der Waals surface area contributed by atoms with Crippen molar-refractivity contribution in [2.45, 2.75) is 93.8 Å². The molecule has 3 aliphatic heterocycles. The van der Waals surface area contributed by atoms with Crippen LogP contribution in [0.3, 0.4) is 0 Å². The van der Waals surface area contributed by atoms with Crippen molar-refractivity contribution in [2.24, 2.45) is 0 Å². The fraction of sp³-hybridized carbons (Fsp3) is 0.333. The van der Waals surface area contributed by atoms with Crippen molar-refractivity contribution in [1.29, 1.82) is 0 Å². The molecule has 2 aromatic carbocycles. The Bertz CT molecular complexity index is 1990. The summed E-state index contributed by atoms with van der Waals surface area (Å²) in [4.78, 5) is 2.59. The Hall–Kier alpha value is -4.42. The molecule has 5 aliphatic carbocycles. The third kappa shape index (κ3) is 5.26. The summed E-state index contributed by atoms with van der Waals surface area (Å²) < 4.78 is 7.02. The zero-order chi connectivity index (χ0) is 33.0. The average molecular weight is 659 g/mol. The van der Waals surface area contributed by atoms with Gasteiger partial charge in [-0.15, -0.1) is 0 Å². The molecule has 10 rings (SSSR count). The summed E-state index contributed by atoms with van der Waals surface area (Å²) >= 11 is 0. The molecule has 3 N–H and O–H groups in total. The highest BCUT2D eigenvalue weighted by atomic mass is 16.5. The smallest absolute Gasteiger partial charge is 0.147 e. The third-order valence-corrected chi connectivity index (χ3v) is 12.0. The molecule has 5 heteroatoms. The third-order valence-electron chi connectivity index (χ3n) is 12.0. The summed E-state index contributed by atoms with van der Waals surface area (Å²) in [6.45, 7) is 0. The van der Waals surface area contributed by atoms with Gasteiger partial charge in [0, 0.05) is 29.1 Å². The first-order valence-electron chi connectivity index (χ1n) is 18.9. The first kappa shape index (κ1) is 30.4. The Morgan fingerprint density at radius 3 is 2.36 bits per heavy atom. The van der Waals surface area contributed by atoms with Crippen molar-refractivity contribution >= 4 is 11.4 Å². The van der Waals surface area contributed by atoms with Crippen LogP contribution in [0.5, 0.6) is 5.75 Å².